The van der Waals surface area contributed by atoms with Crippen LogP contribution < -0.4 is 0 Å². The molecule has 3 nitrogen and oxygen atoms in total. The zero-order valence-electron chi connectivity index (χ0n) is 8.92. The molecule has 0 unspecified atom stereocenters. The lowest BCUT2D eigenvalue weighted by Crippen LogP contribution is -2.04. The van der Waals surface area contributed by atoms with Crippen molar-refractivity contribution in [3.8, 4) is 0 Å². The highest BCUT2D eigenvalue weighted by molar-refractivity contribution is 6.30. The van der Waals surface area contributed by atoms with E-state index in [4.69, 9.17) is 16.3 Å². The molecule has 0 saturated carbocycles. The largest absolute Gasteiger partial charge is 0.373 e. The Hall–Kier alpha value is -0.670. The van der Waals surface area contributed by atoms with Gasteiger partial charge in [0, 0.05) is 17.9 Å². The lowest BCUT2D eigenvalue weighted by atomic mass is 10.3. The summed E-state index contributed by atoms with van der Waals surface area (Å²) in [6.45, 7) is 3.30. The number of aromatic nitrogens is 2. The third-order valence-electron chi connectivity index (χ3n) is 2.51. The number of hydrogen-bond acceptors (Lipinski definition) is 3. The predicted octanol–water partition coefficient (Wildman–Crippen LogP) is 2.55. The van der Waals surface area contributed by atoms with Crippen molar-refractivity contribution in [1.29, 1.82) is 0 Å². The van der Waals surface area contributed by atoms with Gasteiger partial charge in [-0.25, -0.2) is 9.97 Å². The molecule has 1 aromatic rings. The second-order valence-corrected chi connectivity index (χ2v) is 4.12. The Kier molecular flexibility index (Phi) is 3.54. The first-order valence-corrected chi connectivity index (χ1v) is 5.81. The smallest absolute Gasteiger partial charge is 0.155 e. The van der Waals surface area contributed by atoms with Crippen LogP contribution in [0.2, 0.25) is 5.15 Å². The lowest BCUT2D eigenvalue weighted by molar-refractivity contribution is 0.116. The zero-order valence-corrected chi connectivity index (χ0v) is 9.68. The van der Waals surface area contributed by atoms with Crippen LogP contribution in [0.1, 0.15) is 36.8 Å². The van der Waals surface area contributed by atoms with E-state index in [0.29, 0.717) is 17.6 Å². The van der Waals surface area contributed by atoms with Crippen molar-refractivity contribution in [2.45, 2.75) is 39.2 Å². The van der Waals surface area contributed by atoms with Gasteiger partial charge in [-0.2, -0.15) is 0 Å². The molecule has 0 amide bonds. The van der Waals surface area contributed by atoms with Crippen LogP contribution in [0.5, 0.6) is 0 Å². The van der Waals surface area contributed by atoms with Crippen molar-refractivity contribution in [3.63, 3.8) is 0 Å². The number of fused-ring (bicyclic) bond motifs is 1. The molecule has 1 aliphatic rings. The van der Waals surface area contributed by atoms with E-state index in [-0.39, 0.29) is 0 Å². The van der Waals surface area contributed by atoms with Gasteiger partial charge >= 0.3 is 0 Å². The summed E-state index contributed by atoms with van der Waals surface area (Å²) in [5.41, 5.74) is 2.25. The molecular formula is C11H15ClN2O. The van der Waals surface area contributed by atoms with E-state index in [1.165, 1.54) is 0 Å². The number of ether oxygens (including phenoxy) is 1. The third-order valence-corrected chi connectivity index (χ3v) is 2.82. The summed E-state index contributed by atoms with van der Waals surface area (Å²) in [4.78, 5) is 8.71. The zero-order chi connectivity index (χ0) is 10.7. The van der Waals surface area contributed by atoms with Crippen molar-refractivity contribution in [2.24, 2.45) is 0 Å². The molecule has 0 radical (unpaired) electrons. The molecule has 0 N–H and O–H groups in total. The molecule has 0 saturated heterocycles. The van der Waals surface area contributed by atoms with E-state index >= 15 is 0 Å². The van der Waals surface area contributed by atoms with E-state index in [2.05, 4.69) is 16.9 Å². The maximum absolute atomic E-state index is 6.08. The van der Waals surface area contributed by atoms with Gasteiger partial charge < -0.3 is 4.74 Å². The van der Waals surface area contributed by atoms with Crippen LogP contribution in [0.25, 0.3) is 0 Å². The van der Waals surface area contributed by atoms with Crippen molar-refractivity contribution < 1.29 is 4.74 Å². The quantitative estimate of drug-likeness (QED) is 0.585. The first-order chi connectivity index (χ1) is 7.31. The predicted molar refractivity (Wildman–Crippen MR) is 59.0 cm³/mol. The first kappa shape index (κ1) is 10.8. The molecular weight excluding hydrogens is 212 g/mol. The minimum atomic E-state index is 0.473. The first-order valence-electron chi connectivity index (χ1n) is 5.43. The fourth-order valence-corrected chi connectivity index (χ4v) is 2.11. The molecule has 0 spiro atoms. The van der Waals surface area contributed by atoms with Gasteiger partial charge in [-0.15, -0.1) is 0 Å². The van der Waals surface area contributed by atoms with Crippen LogP contribution in [0.4, 0.5) is 0 Å². The fraction of sp³-hybridized carbons (Fsp3) is 0.636. The maximum Gasteiger partial charge on any atom is 0.155 e. The molecule has 1 heterocycles. The summed E-state index contributed by atoms with van der Waals surface area (Å²) in [7, 11) is 0. The number of rotatable bonds is 4. The summed E-state index contributed by atoms with van der Waals surface area (Å²) < 4.78 is 5.40. The standard InChI is InChI=1S/C11H15ClN2O/c1-2-6-15-7-10-13-9-5-3-4-8(9)11(12)14-10/h2-7H2,1H3. The second-order valence-electron chi connectivity index (χ2n) is 3.76. The Morgan fingerprint density at radius 3 is 3.00 bits per heavy atom. The number of aryl methyl sites for hydroxylation is 1. The number of nitrogens with zero attached hydrogens (tertiary/aromatic N) is 2. The van der Waals surface area contributed by atoms with E-state index < -0.39 is 0 Å². The number of halogens is 1. The summed E-state index contributed by atoms with van der Waals surface area (Å²) in [6.07, 6.45) is 4.20. The van der Waals surface area contributed by atoms with Gasteiger partial charge in [0.15, 0.2) is 5.82 Å². The molecule has 1 aromatic heterocycles. The highest BCUT2D eigenvalue weighted by atomic mass is 35.5. The molecule has 82 valence electrons. The van der Waals surface area contributed by atoms with E-state index in [0.717, 1.165) is 43.5 Å². The Morgan fingerprint density at radius 1 is 1.33 bits per heavy atom. The normalized spacial score (nSPS) is 14.3. The van der Waals surface area contributed by atoms with Gasteiger partial charge in [-0.05, 0) is 25.7 Å². The molecule has 0 aliphatic heterocycles. The highest BCUT2D eigenvalue weighted by Crippen LogP contribution is 2.25. The Morgan fingerprint density at radius 2 is 2.20 bits per heavy atom. The summed E-state index contributed by atoms with van der Waals surface area (Å²) in [5, 5.41) is 0.618. The Labute approximate surface area is 94.8 Å². The van der Waals surface area contributed by atoms with Gasteiger partial charge in [0.25, 0.3) is 0 Å². The molecule has 0 bridgehead atoms. The van der Waals surface area contributed by atoms with Crippen LogP contribution in [-0.2, 0) is 24.2 Å². The van der Waals surface area contributed by atoms with Crippen molar-refractivity contribution >= 4 is 11.6 Å². The third kappa shape index (κ3) is 2.47. The molecule has 4 heteroatoms. The van der Waals surface area contributed by atoms with Gasteiger partial charge in [-0.3, -0.25) is 0 Å². The van der Waals surface area contributed by atoms with E-state index in [1.807, 2.05) is 0 Å². The lowest BCUT2D eigenvalue weighted by Gasteiger charge is -2.05. The second kappa shape index (κ2) is 4.90. The Bertz CT molecular complexity index is 355. The van der Waals surface area contributed by atoms with Crippen LogP contribution in [0.3, 0.4) is 0 Å². The minimum absolute atomic E-state index is 0.473. The highest BCUT2D eigenvalue weighted by Gasteiger charge is 2.17. The minimum Gasteiger partial charge on any atom is -0.373 e. The van der Waals surface area contributed by atoms with Crippen LogP contribution in [0.15, 0.2) is 0 Å². The monoisotopic (exact) mass is 226 g/mol. The summed E-state index contributed by atoms with van der Waals surface area (Å²) >= 11 is 6.08. The fourth-order valence-electron chi connectivity index (χ4n) is 1.81. The SMILES string of the molecule is CCCOCc1nc(Cl)c2c(n1)CCC2. The van der Waals surface area contributed by atoms with Gasteiger partial charge in [-0.1, -0.05) is 18.5 Å². The van der Waals surface area contributed by atoms with Crippen LogP contribution >= 0.6 is 11.6 Å². The summed E-state index contributed by atoms with van der Waals surface area (Å²) in [6, 6.07) is 0. The van der Waals surface area contributed by atoms with E-state index in [1.54, 1.807) is 0 Å². The van der Waals surface area contributed by atoms with Gasteiger partial charge in [0.05, 0.1) is 0 Å². The van der Waals surface area contributed by atoms with Gasteiger partial charge in [0.1, 0.15) is 11.8 Å². The maximum atomic E-state index is 6.08. The average molecular weight is 227 g/mol. The van der Waals surface area contributed by atoms with Crippen LogP contribution in [-0.4, -0.2) is 16.6 Å². The van der Waals surface area contributed by atoms with Gasteiger partial charge in [0.2, 0.25) is 0 Å². The van der Waals surface area contributed by atoms with E-state index in [9.17, 15) is 0 Å². The molecule has 0 fully saturated rings. The molecule has 0 atom stereocenters. The van der Waals surface area contributed by atoms with Crippen molar-refractivity contribution in [2.75, 3.05) is 6.61 Å². The molecule has 2 rings (SSSR count). The average Bonchev–Trinajstić information content (AvgIpc) is 2.66. The Balaban J connectivity index is 2.09. The van der Waals surface area contributed by atoms with Crippen LogP contribution in [0, 0.1) is 0 Å². The topological polar surface area (TPSA) is 35.0 Å². The molecule has 15 heavy (non-hydrogen) atoms. The summed E-state index contributed by atoms with van der Waals surface area (Å²) in [5.74, 6) is 0.717. The molecule has 1 aliphatic carbocycles. The van der Waals surface area contributed by atoms with Crippen molar-refractivity contribution in [3.05, 3.63) is 22.2 Å². The number of hydrogen-bond donors (Lipinski definition) is 0. The van der Waals surface area contributed by atoms with Crippen molar-refractivity contribution in [1.82, 2.24) is 9.97 Å². The molecule has 0 aromatic carbocycles.